The van der Waals surface area contributed by atoms with Crippen molar-refractivity contribution in [1.82, 2.24) is 15.7 Å². The highest BCUT2D eigenvalue weighted by molar-refractivity contribution is 5.95. The number of hydrogen-bond donors (Lipinski definition) is 4. The summed E-state index contributed by atoms with van der Waals surface area (Å²) in [5.74, 6) is -1.64. The molecule has 0 aliphatic carbocycles. The Hall–Kier alpha value is -3.65. The summed E-state index contributed by atoms with van der Waals surface area (Å²) in [4.78, 5) is 38.1. The first-order chi connectivity index (χ1) is 15.5. The predicted molar refractivity (Wildman–Crippen MR) is 118 cm³/mol. The summed E-state index contributed by atoms with van der Waals surface area (Å²) in [5, 5.41) is 22.0. The molecule has 2 aromatic carbocycles. The lowest BCUT2D eigenvalue weighted by Gasteiger charge is -2.22. The van der Waals surface area contributed by atoms with Crippen molar-refractivity contribution in [2.45, 2.75) is 38.1 Å². The minimum atomic E-state index is -1.01. The monoisotopic (exact) mass is 437 g/mol. The molecule has 2 aromatic rings. The van der Waals surface area contributed by atoms with E-state index in [-0.39, 0.29) is 24.7 Å². The van der Waals surface area contributed by atoms with Crippen LogP contribution in [-0.4, -0.2) is 45.6 Å². The molecule has 32 heavy (non-hydrogen) atoms. The Morgan fingerprint density at radius 3 is 2.22 bits per heavy atom. The number of hydrogen-bond acceptors (Lipinski definition) is 5. The maximum atomic E-state index is 12.7. The summed E-state index contributed by atoms with van der Waals surface area (Å²) in [6.45, 7) is 0.406. The predicted octanol–water partition coefficient (Wildman–Crippen LogP) is 2.71. The highest BCUT2D eigenvalue weighted by atomic mass is 16.5. The molecule has 8 nitrogen and oxygen atoms in total. The van der Waals surface area contributed by atoms with Crippen molar-refractivity contribution in [3.05, 3.63) is 83.2 Å². The minimum Gasteiger partial charge on any atom is -0.480 e. The molecule has 2 amide bonds. The van der Waals surface area contributed by atoms with Crippen LogP contribution in [0, 0.1) is 0 Å². The number of nitrogens with one attached hydrogen (secondary N) is 2. The topological polar surface area (TPSA) is 119 Å². The van der Waals surface area contributed by atoms with Gasteiger partial charge < -0.3 is 15.3 Å². The first kappa shape index (κ1) is 23.0. The van der Waals surface area contributed by atoms with Crippen molar-refractivity contribution in [1.29, 1.82) is 0 Å². The van der Waals surface area contributed by atoms with E-state index in [1.165, 1.54) is 4.90 Å². The molecule has 0 saturated carbocycles. The largest absolute Gasteiger partial charge is 0.480 e. The van der Waals surface area contributed by atoms with Gasteiger partial charge >= 0.3 is 5.97 Å². The molecule has 0 bridgehead atoms. The number of carbonyl (C=O) groups excluding carboxylic acids is 2. The molecule has 1 aliphatic heterocycles. The van der Waals surface area contributed by atoms with E-state index in [1.54, 1.807) is 24.3 Å². The van der Waals surface area contributed by atoms with E-state index < -0.39 is 12.0 Å². The van der Waals surface area contributed by atoms with Gasteiger partial charge in [-0.05, 0) is 37.0 Å². The molecule has 0 aromatic heterocycles. The van der Waals surface area contributed by atoms with Gasteiger partial charge in [0.1, 0.15) is 6.04 Å². The summed E-state index contributed by atoms with van der Waals surface area (Å²) in [5.41, 5.74) is 4.26. The van der Waals surface area contributed by atoms with Crippen LogP contribution in [0.1, 0.15) is 41.6 Å². The van der Waals surface area contributed by atoms with Crippen molar-refractivity contribution in [3.8, 4) is 0 Å². The number of carboxylic acids is 1. The molecule has 8 heteroatoms. The van der Waals surface area contributed by atoms with Gasteiger partial charge in [0, 0.05) is 30.6 Å². The fourth-order valence-electron chi connectivity index (χ4n) is 3.80. The van der Waals surface area contributed by atoms with Gasteiger partial charge in [0.2, 0.25) is 5.91 Å². The zero-order valence-corrected chi connectivity index (χ0v) is 17.7. The summed E-state index contributed by atoms with van der Waals surface area (Å²) < 4.78 is 0. The Morgan fingerprint density at radius 1 is 0.938 bits per heavy atom. The third-order valence-corrected chi connectivity index (χ3v) is 5.47. The van der Waals surface area contributed by atoms with E-state index in [1.807, 2.05) is 36.4 Å². The summed E-state index contributed by atoms with van der Waals surface area (Å²) in [6, 6.07) is 17.3. The van der Waals surface area contributed by atoms with Crippen LogP contribution in [0.25, 0.3) is 0 Å². The van der Waals surface area contributed by atoms with Gasteiger partial charge in [-0.2, -0.15) is 0 Å². The Morgan fingerprint density at radius 2 is 1.59 bits per heavy atom. The normalized spacial score (nSPS) is 16.3. The van der Waals surface area contributed by atoms with Gasteiger partial charge in [-0.3, -0.25) is 20.3 Å². The first-order valence-electron chi connectivity index (χ1n) is 10.5. The van der Waals surface area contributed by atoms with Gasteiger partial charge in [-0.15, -0.1) is 0 Å². The maximum Gasteiger partial charge on any atom is 0.326 e. The number of allylic oxidation sites excluding steroid dienone is 2. The third-order valence-electron chi connectivity index (χ3n) is 5.47. The Balaban J connectivity index is 1.78. The van der Waals surface area contributed by atoms with Crippen molar-refractivity contribution in [2.24, 2.45) is 0 Å². The molecule has 1 aliphatic rings. The van der Waals surface area contributed by atoms with Gasteiger partial charge in [0.15, 0.2) is 0 Å². The van der Waals surface area contributed by atoms with E-state index in [0.29, 0.717) is 42.8 Å². The number of carboxylic acid groups (broad SMARTS) is 1. The summed E-state index contributed by atoms with van der Waals surface area (Å²) in [6.07, 6.45) is 1.55. The van der Waals surface area contributed by atoms with Crippen LogP contribution in [-0.2, 0) is 16.0 Å². The molecule has 4 N–H and O–H groups in total. The minimum absolute atomic E-state index is 0.00612. The Labute approximate surface area is 186 Å². The van der Waals surface area contributed by atoms with Crippen LogP contribution >= 0.6 is 0 Å². The summed E-state index contributed by atoms with van der Waals surface area (Å²) in [7, 11) is 0. The number of benzene rings is 2. The van der Waals surface area contributed by atoms with Crippen molar-refractivity contribution < 1.29 is 24.7 Å². The Kier molecular flexibility index (Phi) is 7.99. The standard InChI is InChI=1S/C24H27N3O5/c28-22(27-15-7-12-21(27)24(30)31)14-13-19(26-32)20(16-17-8-3-1-4-9-17)25-23(29)18-10-5-2-6-11-18/h1-6,8-11,21,26,32H,7,12-16H2,(H,25,29)(H,30,31)/b20-19+/t21-/m0/s1. The average Bonchev–Trinajstić information content (AvgIpc) is 3.31. The van der Waals surface area contributed by atoms with Crippen LogP contribution in [0.4, 0.5) is 0 Å². The number of carbonyl (C=O) groups is 3. The van der Waals surface area contributed by atoms with Crippen molar-refractivity contribution in [3.63, 3.8) is 0 Å². The smallest absolute Gasteiger partial charge is 0.326 e. The second-order valence-corrected chi connectivity index (χ2v) is 7.63. The van der Waals surface area contributed by atoms with Crippen LogP contribution in [0.5, 0.6) is 0 Å². The van der Waals surface area contributed by atoms with Gasteiger partial charge in [0.05, 0.1) is 5.70 Å². The fraction of sp³-hybridized carbons (Fsp3) is 0.292. The zero-order chi connectivity index (χ0) is 22.9. The molecular formula is C24H27N3O5. The van der Waals surface area contributed by atoms with Gasteiger partial charge in [-0.1, -0.05) is 48.5 Å². The molecule has 0 spiro atoms. The van der Waals surface area contributed by atoms with E-state index in [0.717, 1.165) is 5.56 Å². The van der Waals surface area contributed by atoms with Crippen LogP contribution in [0.3, 0.4) is 0 Å². The van der Waals surface area contributed by atoms with Crippen LogP contribution in [0.15, 0.2) is 72.1 Å². The number of likely N-dealkylation sites (tertiary alicyclic amines) is 1. The third kappa shape index (κ3) is 5.95. The lowest BCUT2D eigenvalue weighted by Crippen LogP contribution is -2.40. The van der Waals surface area contributed by atoms with Crippen molar-refractivity contribution in [2.75, 3.05) is 6.54 Å². The molecule has 1 fully saturated rings. The quantitative estimate of drug-likeness (QED) is 0.448. The van der Waals surface area contributed by atoms with E-state index in [2.05, 4.69) is 10.8 Å². The lowest BCUT2D eigenvalue weighted by molar-refractivity contribution is -0.148. The Bertz CT molecular complexity index is 976. The first-order valence-corrected chi connectivity index (χ1v) is 10.5. The molecule has 1 saturated heterocycles. The number of nitrogens with zero attached hydrogens (tertiary/aromatic N) is 1. The van der Waals surface area contributed by atoms with Gasteiger partial charge in [0.25, 0.3) is 5.91 Å². The lowest BCUT2D eigenvalue weighted by atomic mass is 10.1. The molecule has 168 valence electrons. The zero-order valence-electron chi connectivity index (χ0n) is 17.7. The van der Waals surface area contributed by atoms with Crippen LogP contribution in [0.2, 0.25) is 0 Å². The molecule has 0 radical (unpaired) electrons. The molecule has 3 rings (SSSR count). The highest BCUT2D eigenvalue weighted by Gasteiger charge is 2.33. The SMILES string of the molecule is O=C(N/C(Cc1ccccc1)=C(\CCC(=O)N1CCC[C@H]1C(=O)O)NO)c1ccccc1. The maximum absolute atomic E-state index is 12.7. The number of aliphatic carboxylic acids is 1. The molecule has 0 unspecified atom stereocenters. The number of amides is 2. The molecule has 1 atom stereocenters. The van der Waals surface area contributed by atoms with E-state index in [9.17, 15) is 24.7 Å². The second kappa shape index (κ2) is 11.1. The summed E-state index contributed by atoms with van der Waals surface area (Å²) >= 11 is 0. The van der Waals surface area contributed by atoms with Crippen molar-refractivity contribution >= 4 is 17.8 Å². The molecule has 1 heterocycles. The number of hydroxylamine groups is 1. The average molecular weight is 437 g/mol. The second-order valence-electron chi connectivity index (χ2n) is 7.63. The number of rotatable bonds is 9. The van der Waals surface area contributed by atoms with Gasteiger partial charge in [-0.25, -0.2) is 4.79 Å². The van der Waals surface area contributed by atoms with E-state index >= 15 is 0 Å². The highest BCUT2D eigenvalue weighted by Crippen LogP contribution is 2.20. The fourth-order valence-corrected chi connectivity index (χ4v) is 3.80. The van der Waals surface area contributed by atoms with Crippen LogP contribution < -0.4 is 10.8 Å². The molecular weight excluding hydrogens is 410 g/mol. The van der Waals surface area contributed by atoms with E-state index in [4.69, 9.17) is 0 Å².